The molecule has 0 aliphatic carbocycles. The monoisotopic (exact) mass is 287 g/mol. The highest BCUT2D eigenvalue weighted by Crippen LogP contribution is 2.29. The molecule has 2 rings (SSSR count). The van der Waals surface area contributed by atoms with Crippen LogP contribution in [0.25, 0.3) is 0 Å². The van der Waals surface area contributed by atoms with E-state index in [1.165, 1.54) is 11.1 Å². The van der Waals surface area contributed by atoms with E-state index in [1.807, 2.05) is 30.5 Å². The summed E-state index contributed by atoms with van der Waals surface area (Å²) in [6, 6.07) is 8.68. The SMILES string of the molecule is CC(C)=C=CC(=O)N1CCSCC1c1ccc(C)cc1. The van der Waals surface area contributed by atoms with E-state index >= 15 is 0 Å². The number of aryl methyl sites for hydroxylation is 1. The van der Waals surface area contributed by atoms with Crippen LogP contribution in [0.3, 0.4) is 0 Å². The fourth-order valence-electron chi connectivity index (χ4n) is 2.22. The van der Waals surface area contributed by atoms with Crippen molar-refractivity contribution in [1.29, 1.82) is 0 Å². The van der Waals surface area contributed by atoms with Crippen LogP contribution < -0.4 is 0 Å². The van der Waals surface area contributed by atoms with Crippen LogP contribution in [0.2, 0.25) is 0 Å². The number of thioether (sulfide) groups is 1. The van der Waals surface area contributed by atoms with Crippen LogP contribution in [-0.2, 0) is 4.79 Å². The molecule has 106 valence electrons. The van der Waals surface area contributed by atoms with Gasteiger partial charge in [0.15, 0.2) is 0 Å². The summed E-state index contributed by atoms with van der Waals surface area (Å²) in [6.45, 7) is 6.80. The van der Waals surface area contributed by atoms with Gasteiger partial charge in [0.25, 0.3) is 5.91 Å². The molecule has 1 fully saturated rings. The molecule has 0 N–H and O–H groups in total. The molecular weight excluding hydrogens is 266 g/mol. The Morgan fingerprint density at radius 2 is 2.05 bits per heavy atom. The Kier molecular flexibility index (Phi) is 5.11. The predicted molar refractivity (Wildman–Crippen MR) is 85.9 cm³/mol. The minimum Gasteiger partial charge on any atom is -0.330 e. The second-order valence-corrected chi connectivity index (χ2v) is 6.47. The topological polar surface area (TPSA) is 20.3 Å². The van der Waals surface area contributed by atoms with Crippen LogP contribution in [0.4, 0.5) is 0 Å². The first-order chi connectivity index (χ1) is 9.58. The fourth-order valence-corrected chi connectivity index (χ4v) is 3.31. The molecule has 1 aromatic rings. The van der Waals surface area contributed by atoms with E-state index in [-0.39, 0.29) is 11.9 Å². The van der Waals surface area contributed by atoms with Gasteiger partial charge in [0.2, 0.25) is 0 Å². The minimum absolute atomic E-state index is 0.0667. The van der Waals surface area contributed by atoms with Gasteiger partial charge in [0.05, 0.1) is 6.04 Å². The molecule has 1 heterocycles. The Morgan fingerprint density at radius 1 is 1.35 bits per heavy atom. The molecule has 3 heteroatoms. The molecule has 0 aromatic heterocycles. The van der Waals surface area contributed by atoms with Gasteiger partial charge in [-0.2, -0.15) is 11.8 Å². The van der Waals surface area contributed by atoms with Gasteiger partial charge in [-0.05, 0) is 31.9 Å². The van der Waals surface area contributed by atoms with Crippen LogP contribution in [0, 0.1) is 6.92 Å². The number of rotatable bonds is 2. The van der Waals surface area contributed by atoms with Crippen molar-refractivity contribution in [2.75, 3.05) is 18.1 Å². The summed E-state index contributed by atoms with van der Waals surface area (Å²) >= 11 is 1.91. The lowest BCUT2D eigenvalue weighted by molar-refractivity contribution is -0.127. The molecule has 1 unspecified atom stereocenters. The Bertz CT molecular complexity index is 537. The van der Waals surface area contributed by atoms with E-state index in [9.17, 15) is 4.79 Å². The maximum atomic E-state index is 12.3. The summed E-state index contributed by atoms with van der Waals surface area (Å²) in [5.74, 6) is 2.05. The van der Waals surface area contributed by atoms with Gasteiger partial charge >= 0.3 is 0 Å². The second-order valence-electron chi connectivity index (χ2n) is 5.32. The summed E-state index contributed by atoms with van der Waals surface area (Å²) in [7, 11) is 0. The molecular formula is C17H21NOS. The standard InChI is InChI=1S/C17H21NOS/c1-13(2)4-9-17(19)18-10-11-20-12-16(18)15-7-5-14(3)6-8-15/h5-9,16H,10-12H2,1-3H3. The van der Waals surface area contributed by atoms with Crippen LogP contribution in [0.1, 0.15) is 31.0 Å². The van der Waals surface area contributed by atoms with Crippen molar-refractivity contribution in [3.8, 4) is 0 Å². The molecule has 20 heavy (non-hydrogen) atoms. The van der Waals surface area contributed by atoms with Gasteiger partial charge in [-0.15, -0.1) is 5.73 Å². The lowest BCUT2D eigenvalue weighted by Crippen LogP contribution is -2.39. The zero-order chi connectivity index (χ0) is 14.5. The van der Waals surface area contributed by atoms with Crippen LogP contribution in [0.15, 0.2) is 41.6 Å². The molecule has 1 amide bonds. The van der Waals surface area contributed by atoms with Crippen molar-refractivity contribution in [1.82, 2.24) is 4.90 Å². The van der Waals surface area contributed by atoms with Gasteiger partial charge < -0.3 is 4.90 Å². The first-order valence-corrected chi connectivity index (χ1v) is 8.08. The average Bonchev–Trinajstić information content (AvgIpc) is 2.45. The Hall–Kier alpha value is -1.44. The first-order valence-electron chi connectivity index (χ1n) is 6.93. The first kappa shape index (κ1) is 15.0. The summed E-state index contributed by atoms with van der Waals surface area (Å²) < 4.78 is 0. The molecule has 0 saturated carbocycles. The third kappa shape index (κ3) is 3.78. The van der Waals surface area contributed by atoms with Crippen LogP contribution in [-0.4, -0.2) is 28.9 Å². The average molecular weight is 287 g/mol. The van der Waals surface area contributed by atoms with Crippen molar-refractivity contribution in [2.24, 2.45) is 0 Å². The number of benzene rings is 1. The van der Waals surface area contributed by atoms with Crippen LogP contribution >= 0.6 is 11.8 Å². The number of carbonyl (C=O) groups is 1. The zero-order valence-corrected chi connectivity index (χ0v) is 13.2. The molecule has 1 saturated heterocycles. The van der Waals surface area contributed by atoms with Gasteiger partial charge in [0.1, 0.15) is 0 Å². The van der Waals surface area contributed by atoms with Crippen molar-refractivity contribution in [2.45, 2.75) is 26.8 Å². The maximum Gasteiger partial charge on any atom is 0.254 e. The van der Waals surface area contributed by atoms with E-state index < -0.39 is 0 Å². The minimum atomic E-state index is 0.0667. The third-order valence-corrected chi connectivity index (χ3v) is 4.38. The molecule has 0 radical (unpaired) electrons. The molecule has 1 atom stereocenters. The van der Waals surface area contributed by atoms with E-state index in [0.717, 1.165) is 23.6 Å². The van der Waals surface area contributed by atoms with E-state index in [1.54, 1.807) is 6.08 Å². The van der Waals surface area contributed by atoms with Crippen molar-refractivity contribution in [3.05, 3.63) is 52.8 Å². The molecule has 0 spiro atoms. The summed E-state index contributed by atoms with van der Waals surface area (Å²) in [4.78, 5) is 14.3. The molecule has 1 aliphatic heterocycles. The van der Waals surface area contributed by atoms with Gasteiger partial charge in [0, 0.05) is 24.1 Å². The second kappa shape index (κ2) is 6.83. The summed E-state index contributed by atoms with van der Waals surface area (Å²) in [5, 5.41) is 0. The Morgan fingerprint density at radius 3 is 2.70 bits per heavy atom. The number of nitrogens with zero attached hydrogens (tertiary/aromatic N) is 1. The smallest absolute Gasteiger partial charge is 0.254 e. The van der Waals surface area contributed by atoms with Gasteiger partial charge in [-0.3, -0.25) is 4.79 Å². The normalized spacial score (nSPS) is 18.4. The quantitative estimate of drug-likeness (QED) is 0.610. The lowest BCUT2D eigenvalue weighted by atomic mass is 10.0. The highest BCUT2D eigenvalue weighted by molar-refractivity contribution is 7.99. The highest BCUT2D eigenvalue weighted by atomic mass is 32.2. The maximum absolute atomic E-state index is 12.3. The molecule has 1 aliphatic rings. The van der Waals surface area contributed by atoms with E-state index in [2.05, 4.69) is 36.9 Å². The Balaban J connectivity index is 2.23. The molecule has 0 bridgehead atoms. The number of hydrogen-bond acceptors (Lipinski definition) is 2. The molecule has 1 aromatic carbocycles. The number of hydrogen-bond donors (Lipinski definition) is 0. The summed E-state index contributed by atoms with van der Waals surface area (Å²) in [5.41, 5.74) is 6.52. The third-order valence-electron chi connectivity index (χ3n) is 3.36. The highest BCUT2D eigenvalue weighted by Gasteiger charge is 2.26. The van der Waals surface area contributed by atoms with E-state index in [4.69, 9.17) is 0 Å². The molecule has 2 nitrogen and oxygen atoms in total. The Labute approximate surface area is 125 Å². The van der Waals surface area contributed by atoms with Gasteiger partial charge in [-0.25, -0.2) is 0 Å². The number of carbonyl (C=O) groups excluding carboxylic acids is 1. The number of amides is 1. The predicted octanol–water partition coefficient (Wildman–Crippen LogP) is 3.73. The van der Waals surface area contributed by atoms with Crippen molar-refractivity contribution < 1.29 is 4.79 Å². The lowest BCUT2D eigenvalue weighted by Gasteiger charge is -2.35. The zero-order valence-electron chi connectivity index (χ0n) is 12.3. The van der Waals surface area contributed by atoms with Crippen molar-refractivity contribution >= 4 is 17.7 Å². The summed E-state index contributed by atoms with van der Waals surface area (Å²) in [6.07, 6.45) is 1.58. The van der Waals surface area contributed by atoms with Gasteiger partial charge in [-0.1, -0.05) is 29.8 Å². The largest absolute Gasteiger partial charge is 0.330 e. The fraction of sp³-hybridized carbons (Fsp3) is 0.412. The van der Waals surface area contributed by atoms with E-state index in [0.29, 0.717) is 0 Å². The van der Waals surface area contributed by atoms with Crippen molar-refractivity contribution in [3.63, 3.8) is 0 Å². The van der Waals surface area contributed by atoms with Crippen LogP contribution in [0.5, 0.6) is 0 Å².